The molecule has 0 radical (unpaired) electrons. The van der Waals surface area contributed by atoms with Crippen molar-refractivity contribution in [2.45, 2.75) is 24.3 Å². The molecule has 0 aliphatic rings. The van der Waals surface area contributed by atoms with Gasteiger partial charge in [0.1, 0.15) is 0 Å². The van der Waals surface area contributed by atoms with Crippen LogP contribution in [0, 0.1) is 0 Å². The van der Waals surface area contributed by atoms with E-state index in [0.29, 0.717) is 11.9 Å². The van der Waals surface area contributed by atoms with Crippen molar-refractivity contribution < 1.29 is 12.8 Å². The van der Waals surface area contributed by atoms with Crippen LogP contribution in [0.25, 0.3) is 11.1 Å². The molecule has 0 bridgehead atoms. The molecule has 1 heterocycles. The third-order valence-corrected chi connectivity index (χ3v) is 4.56. The SMILES string of the molecule is CCC(N)CNS(=O)(=O)c1ccc2c(c1)oc(=O)n2C. The molecule has 8 heteroatoms. The quantitative estimate of drug-likeness (QED) is 0.817. The third-order valence-electron chi connectivity index (χ3n) is 3.13. The van der Waals surface area contributed by atoms with E-state index < -0.39 is 15.8 Å². The number of fused-ring (bicyclic) bond motifs is 1. The van der Waals surface area contributed by atoms with Gasteiger partial charge in [-0.3, -0.25) is 4.57 Å². The number of sulfonamides is 1. The highest BCUT2D eigenvalue weighted by atomic mass is 32.2. The summed E-state index contributed by atoms with van der Waals surface area (Å²) >= 11 is 0. The van der Waals surface area contributed by atoms with Crippen molar-refractivity contribution >= 4 is 21.1 Å². The topological polar surface area (TPSA) is 107 Å². The zero-order valence-electron chi connectivity index (χ0n) is 11.3. The normalized spacial score (nSPS) is 13.8. The van der Waals surface area contributed by atoms with E-state index in [9.17, 15) is 13.2 Å². The predicted molar refractivity (Wildman–Crippen MR) is 74.9 cm³/mol. The highest BCUT2D eigenvalue weighted by molar-refractivity contribution is 7.89. The number of aryl methyl sites for hydroxylation is 1. The molecule has 1 unspecified atom stereocenters. The summed E-state index contributed by atoms with van der Waals surface area (Å²) in [6.45, 7) is 2.04. The molecule has 2 rings (SSSR count). The van der Waals surface area contributed by atoms with Gasteiger partial charge in [0.2, 0.25) is 10.0 Å². The molecule has 20 heavy (non-hydrogen) atoms. The summed E-state index contributed by atoms with van der Waals surface area (Å²) in [7, 11) is -2.11. The lowest BCUT2D eigenvalue weighted by molar-refractivity contribution is 0.527. The lowest BCUT2D eigenvalue weighted by atomic mass is 10.2. The van der Waals surface area contributed by atoms with Gasteiger partial charge in [-0.05, 0) is 18.6 Å². The minimum atomic E-state index is -3.66. The lowest BCUT2D eigenvalue weighted by Crippen LogP contribution is -2.36. The van der Waals surface area contributed by atoms with E-state index in [0.717, 1.165) is 0 Å². The maximum atomic E-state index is 12.1. The minimum Gasteiger partial charge on any atom is -0.408 e. The van der Waals surface area contributed by atoms with Crippen LogP contribution in [0.2, 0.25) is 0 Å². The largest absolute Gasteiger partial charge is 0.419 e. The van der Waals surface area contributed by atoms with Crippen molar-refractivity contribution in [1.29, 1.82) is 0 Å². The van der Waals surface area contributed by atoms with Crippen LogP contribution >= 0.6 is 0 Å². The highest BCUT2D eigenvalue weighted by Crippen LogP contribution is 2.17. The predicted octanol–water partition coefficient (Wildman–Crippen LogP) is 0.147. The number of aromatic nitrogens is 1. The van der Waals surface area contributed by atoms with Crippen molar-refractivity contribution in [3.63, 3.8) is 0 Å². The summed E-state index contributed by atoms with van der Waals surface area (Å²) in [4.78, 5) is 11.4. The number of benzene rings is 1. The molecule has 1 aromatic carbocycles. The Balaban J connectivity index is 2.35. The van der Waals surface area contributed by atoms with Crippen molar-refractivity contribution in [3.05, 3.63) is 28.7 Å². The van der Waals surface area contributed by atoms with E-state index in [1.165, 1.54) is 22.8 Å². The molecular formula is C12H17N3O4S. The van der Waals surface area contributed by atoms with Gasteiger partial charge >= 0.3 is 5.76 Å². The molecule has 0 saturated heterocycles. The molecule has 1 aromatic heterocycles. The number of nitrogens with zero attached hydrogens (tertiary/aromatic N) is 1. The molecule has 0 aliphatic carbocycles. The average molecular weight is 299 g/mol. The number of hydrogen-bond donors (Lipinski definition) is 2. The van der Waals surface area contributed by atoms with Gasteiger partial charge in [0.15, 0.2) is 5.58 Å². The van der Waals surface area contributed by atoms with Gasteiger partial charge in [0, 0.05) is 25.7 Å². The Morgan fingerprint density at radius 2 is 2.15 bits per heavy atom. The van der Waals surface area contributed by atoms with Crippen molar-refractivity contribution in [2.75, 3.05) is 6.54 Å². The Hall–Kier alpha value is -1.64. The maximum Gasteiger partial charge on any atom is 0.419 e. The van der Waals surface area contributed by atoms with E-state index in [1.54, 1.807) is 7.05 Å². The standard InChI is InChI=1S/C12H17N3O4S/c1-3-8(13)7-14-20(17,18)9-4-5-10-11(6-9)19-12(16)15(10)2/h4-6,8,14H,3,7,13H2,1-2H3. The number of nitrogens with two attached hydrogens (primary N) is 1. The maximum absolute atomic E-state index is 12.1. The van der Waals surface area contributed by atoms with Gasteiger partial charge in [-0.2, -0.15) is 0 Å². The number of rotatable bonds is 5. The van der Waals surface area contributed by atoms with E-state index >= 15 is 0 Å². The van der Waals surface area contributed by atoms with Crippen LogP contribution in [0.15, 0.2) is 32.3 Å². The van der Waals surface area contributed by atoms with Crippen molar-refractivity contribution in [1.82, 2.24) is 9.29 Å². The summed E-state index contributed by atoms with van der Waals surface area (Å²) in [6, 6.07) is 4.06. The van der Waals surface area contributed by atoms with Gasteiger partial charge < -0.3 is 10.2 Å². The first kappa shape index (κ1) is 14.8. The van der Waals surface area contributed by atoms with Crippen LogP contribution in [0.1, 0.15) is 13.3 Å². The fourth-order valence-corrected chi connectivity index (χ4v) is 2.84. The van der Waals surface area contributed by atoms with Gasteiger partial charge in [-0.25, -0.2) is 17.9 Å². The first-order valence-corrected chi connectivity index (χ1v) is 7.68. The van der Waals surface area contributed by atoms with Crippen LogP contribution in [0.3, 0.4) is 0 Å². The second-order valence-electron chi connectivity index (χ2n) is 4.58. The summed E-state index contributed by atoms with van der Waals surface area (Å²) in [5.41, 5.74) is 6.46. The number of hydrogen-bond acceptors (Lipinski definition) is 5. The average Bonchev–Trinajstić information content (AvgIpc) is 2.71. The van der Waals surface area contributed by atoms with Gasteiger partial charge in [-0.15, -0.1) is 0 Å². The summed E-state index contributed by atoms with van der Waals surface area (Å²) in [5.74, 6) is -0.532. The highest BCUT2D eigenvalue weighted by Gasteiger charge is 2.17. The van der Waals surface area contributed by atoms with E-state index in [1.807, 2.05) is 6.92 Å². The monoisotopic (exact) mass is 299 g/mol. The first-order chi connectivity index (χ1) is 9.35. The van der Waals surface area contributed by atoms with Crippen LogP contribution < -0.4 is 16.2 Å². The molecule has 0 saturated carbocycles. The molecule has 0 aliphatic heterocycles. The summed E-state index contributed by atoms with van der Waals surface area (Å²) in [6.07, 6.45) is 0.676. The number of oxazole rings is 1. The second-order valence-corrected chi connectivity index (χ2v) is 6.34. The molecule has 0 fully saturated rings. The van der Waals surface area contributed by atoms with Crippen LogP contribution in [0.5, 0.6) is 0 Å². The van der Waals surface area contributed by atoms with Crippen LogP contribution in [-0.4, -0.2) is 25.6 Å². The Kier molecular flexibility index (Phi) is 3.98. The minimum absolute atomic E-state index is 0.0441. The van der Waals surface area contributed by atoms with Crippen LogP contribution in [-0.2, 0) is 17.1 Å². The van der Waals surface area contributed by atoms with Crippen molar-refractivity contribution in [3.8, 4) is 0 Å². The Labute approximate surface area is 116 Å². The molecule has 2 aromatic rings. The molecule has 110 valence electrons. The lowest BCUT2D eigenvalue weighted by Gasteiger charge is -2.10. The molecule has 3 N–H and O–H groups in total. The van der Waals surface area contributed by atoms with Crippen LogP contribution in [0.4, 0.5) is 0 Å². The van der Waals surface area contributed by atoms with E-state index in [-0.39, 0.29) is 23.1 Å². The Bertz CT molecular complexity index is 776. The zero-order valence-corrected chi connectivity index (χ0v) is 12.1. The molecule has 1 atom stereocenters. The summed E-state index contributed by atoms with van der Waals surface area (Å²) in [5, 5.41) is 0. The molecule has 7 nitrogen and oxygen atoms in total. The number of nitrogens with one attached hydrogen (secondary N) is 1. The third kappa shape index (κ3) is 2.77. The Morgan fingerprint density at radius 1 is 1.45 bits per heavy atom. The van der Waals surface area contributed by atoms with Gasteiger partial charge in [-0.1, -0.05) is 6.92 Å². The second kappa shape index (κ2) is 5.39. The zero-order chi connectivity index (χ0) is 14.9. The fraction of sp³-hybridized carbons (Fsp3) is 0.417. The first-order valence-electron chi connectivity index (χ1n) is 6.20. The van der Waals surface area contributed by atoms with Crippen molar-refractivity contribution in [2.24, 2.45) is 12.8 Å². The molecular weight excluding hydrogens is 282 g/mol. The smallest absolute Gasteiger partial charge is 0.408 e. The van der Waals surface area contributed by atoms with E-state index in [2.05, 4.69) is 4.72 Å². The van der Waals surface area contributed by atoms with Gasteiger partial charge in [0.25, 0.3) is 0 Å². The molecule has 0 spiro atoms. The van der Waals surface area contributed by atoms with Gasteiger partial charge in [0.05, 0.1) is 10.4 Å². The molecule has 0 amide bonds. The summed E-state index contributed by atoms with van der Waals surface area (Å²) < 4.78 is 32.9. The Morgan fingerprint density at radius 3 is 2.80 bits per heavy atom. The van der Waals surface area contributed by atoms with E-state index in [4.69, 9.17) is 10.2 Å². The fourth-order valence-electron chi connectivity index (χ4n) is 1.73.